The summed E-state index contributed by atoms with van der Waals surface area (Å²) in [5.41, 5.74) is 6.34. The Morgan fingerprint density at radius 2 is 1.81 bits per heavy atom. The lowest BCUT2D eigenvalue weighted by Gasteiger charge is -2.20. The van der Waals surface area contributed by atoms with Gasteiger partial charge in [-0.15, -0.1) is 0 Å². The second-order valence-electron chi connectivity index (χ2n) is 3.57. The minimum absolute atomic E-state index is 0.0173. The number of hydrogen-bond donors (Lipinski definition) is 3. The van der Waals surface area contributed by atoms with Gasteiger partial charge in [0.05, 0.1) is 13.2 Å². The molecule has 1 rings (SSSR count). The number of nitrogens with zero attached hydrogens (tertiary/aromatic N) is 1. The maximum atomic E-state index is 13.5. The van der Waals surface area contributed by atoms with Crippen molar-refractivity contribution in [2.24, 2.45) is 0 Å². The summed E-state index contributed by atoms with van der Waals surface area (Å²) in [4.78, 5) is 1.77. The Morgan fingerprint density at radius 1 is 1.19 bits per heavy atom. The van der Waals surface area contributed by atoms with Gasteiger partial charge in [0.25, 0.3) is 0 Å². The molecule has 0 heterocycles. The maximum absolute atomic E-state index is 13.5. The Balaban J connectivity index is 2.68. The molecule has 0 spiro atoms. The van der Waals surface area contributed by atoms with Crippen LogP contribution in [-0.4, -0.2) is 41.4 Å². The summed E-state index contributed by atoms with van der Waals surface area (Å²) >= 11 is 0. The van der Waals surface area contributed by atoms with Crippen LogP contribution >= 0.6 is 0 Å². The van der Waals surface area contributed by atoms with Crippen LogP contribution < -0.4 is 5.73 Å². The summed E-state index contributed by atoms with van der Waals surface area (Å²) in [5, 5.41) is 17.6. The van der Waals surface area contributed by atoms with E-state index in [0.717, 1.165) is 0 Å². The summed E-state index contributed by atoms with van der Waals surface area (Å²) in [6.45, 7) is 1.13. The zero-order valence-corrected chi connectivity index (χ0v) is 9.06. The molecule has 5 heteroatoms. The third-order valence-corrected chi connectivity index (χ3v) is 2.30. The van der Waals surface area contributed by atoms with E-state index in [4.69, 9.17) is 15.9 Å². The van der Waals surface area contributed by atoms with Crippen molar-refractivity contribution < 1.29 is 14.6 Å². The second-order valence-corrected chi connectivity index (χ2v) is 3.57. The summed E-state index contributed by atoms with van der Waals surface area (Å²) in [5.74, 6) is -0.360. The van der Waals surface area contributed by atoms with E-state index >= 15 is 0 Å². The number of rotatable bonds is 6. The average molecular weight is 228 g/mol. The van der Waals surface area contributed by atoms with Crippen molar-refractivity contribution in [1.82, 2.24) is 4.90 Å². The van der Waals surface area contributed by atoms with Crippen molar-refractivity contribution in [2.45, 2.75) is 6.54 Å². The largest absolute Gasteiger partial charge is 0.399 e. The van der Waals surface area contributed by atoms with Crippen LogP contribution in [0.25, 0.3) is 0 Å². The van der Waals surface area contributed by atoms with Gasteiger partial charge in [-0.25, -0.2) is 4.39 Å². The lowest BCUT2D eigenvalue weighted by atomic mass is 10.2. The number of hydrogen-bond acceptors (Lipinski definition) is 4. The van der Waals surface area contributed by atoms with Crippen LogP contribution in [0.2, 0.25) is 0 Å². The first-order valence-electron chi connectivity index (χ1n) is 5.15. The first-order valence-corrected chi connectivity index (χ1v) is 5.15. The van der Waals surface area contributed by atoms with E-state index in [1.807, 2.05) is 0 Å². The van der Waals surface area contributed by atoms with Crippen molar-refractivity contribution in [3.63, 3.8) is 0 Å². The number of benzene rings is 1. The van der Waals surface area contributed by atoms with E-state index in [-0.39, 0.29) is 19.0 Å². The Labute approximate surface area is 94.1 Å². The number of halogens is 1. The number of nitrogens with two attached hydrogens (primary N) is 1. The SMILES string of the molecule is Nc1ccc(CN(CCO)CCO)c(F)c1. The zero-order chi connectivity index (χ0) is 12.0. The van der Waals surface area contributed by atoms with Gasteiger partial charge in [0.15, 0.2) is 0 Å². The monoisotopic (exact) mass is 228 g/mol. The third kappa shape index (κ3) is 3.77. The molecular weight excluding hydrogens is 211 g/mol. The lowest BCUT2D eigenvalue weighted by Crippen LogP contribution is -2.29. The van der Waals surface area contributed by atoms with Crippen LogP contribution in [0, 0.1) is 5.82 Å². The molecule has 0 saturated heterocycles. The quantitative estimate of drug-likeness (QED) is 0.608. The summed E-state index contributed by atoms with van der Waals surface area (Å²) in [7, 11) is 0. The molecule has 0 unspecified atom stereocenters. The van der Waals surface area contributed by atoms with Gasteiger partial charge in [-0.2, -0.15) is 0 Å². The van der Waals surface area contributed by atoms with Gasteiger partial charge >= 0.3 is 0 Å². The van der Waals surface area contributed by atoms with E-state index in [9.17, 15) is 4.39 Å². The molecule has 1 aromatic rings. The molecule has 0 atom stereocenters. The fourth-order valence-electron chi connectivity index (χ4n) is 1.49. The van der Waals surface area contributed by atoms with Gasteiger partial charge in [-0.05, 0) is 12.1 Å². The van der Waals surface area contributed by atoms with Gasteiger partial charge in [0, 0.05) is 30.9 Å². The van der Waals surface area contributed by atoms with Crippen LogP contribution in [0.3, 0.4) is 0 Å². The molecule has 1 aromatic carbocycles. The molecule has 0 aliphatic carbocycles. The highest BCUT2D eigenvalue weighted by atomic mass is 19.1. The first kappa shape index (κ1) is 12.9. The molecule has 0 bridgehead atoms. The standard InChI is InChI=1S/C11H17FN2O2/c12-11-7-10(13)2-1-9(11)8-14(3-5-15)4-6-16/h1-2,7,15-16H,3-6,8,13H2. The van der Waals surface area contributed by atoms with Crippen molar-refractivity contribution in [2.75, 3.05) is 32.0 Å². The van der Waals surface area contributed by atoms with Crippen LogP contribution in [0.1, 0.15) is 5.56 Å². The van der Waals surface area contributed by atoms with Crippen LogP contribution in [-0.2, 0) is 6.54 Å². The summed E-state index contributed by atoms with van der Waals surface area (Å²) < 4.78 is 13.5. The molecule has 4 nitrogen and oxygen atoms in total. The van der Waals surface area contributed by atoms with Crippen molar-refractivity contribution >= 4 is 5.69 Å². The molecule has 0 aliphatic heterocycles. The summed E-state index contributed by atoms with van der Waals surface area (Å²) in [6.07, 6.45) is 0. The van der Waals surface area contributed by atoms with E-state index < -0.39 is 0 Å². The Hall–Kier alpha value is -1.17. The van der Waals surface area contributed by atoms with Crippen LogP contribution in [0.15, 0.2) is 18.2 Å². The highest BCUT2D eigenvalue weighted by molar-refractivity contribution is 5.40. The Bertz CT molecular complexity index is 328. The molecule has 0 saturated carbocycles. The van der Waals surface area contributed by atoms with Crippen LogP contribution in [0.4, 0.5) is 10.1 Å². The predicted molar refractivity (Wildman–Crippen MR) is 60.3 cm³/mol. The van der Waals surface area contributed by atoms with E-state index in [2.05, 4.69) is 0 Å². The highest BCUT2D eigenvalue weighted by Crippen LogP contribution is 2.13. The minimum Gasteiger partial charge on any atom is -0.399 e. The Morgan fingerprint density at radius 3 is 2.31 bits per heavy atom. The Kier molecular flexibility index (Phi) is 5.18. The average Bonchev–Trinajstić information content (AvgIpc) is 2.23. The fourth-order valence-corrected chi connectivity index (χ4v) is 1.49. The first-order chi connectivity index (χ1) is 7.67. The lowest BCUT2D eigenvalue weighted by molar-refractivity contribution is 0.154. The van der Waals surface area contributed by atoms with Crippen molar-refractivity contribution in [1.29, 1.82) is 0 Å². The number of anilines is 1. The topological polar surface area (TPSA) is 69.7 Å². The summed E-state index contributed by atoms with van der Waals surface area (Å²) in [6, 6.07) is 4.52. The second kappa shape index (κ2) is 6.42. The zero-order valence-electron chi connectivity index (χ0n) is 9.06. The van der Waals surface area contributed by atoms with Gasteiger partial charge in [-0.1, -0.05) is 6.07 Å². The molecule has 0 aliphatic rings. The molecule has 0 amide bonds. The van der Waals surface area contributed by atoms with E-state index in [1.165, 1.54) is 6.07 Å². The smallest absolute Gasteiger partial charge is 0.129 e. The van der Waals surface area contributed by atoms with E-state index in [0.29, 0.717) is 30.9 Å². The normalized spacial score (nSPS) is 11.0. The molecule has 4 N–H and O–H groups in total. The van der Waals surface area contributed by atoms with Crippen LogP contribution in [0.5, 0.6) is 0 Å². The molecule has 0 fully saturated rings. The van der Waals surface area contributed by atoms with Crippen molar-refractivity contribution in [3.8, 4) is 0 Å². The number of aliphatic hydroxyl groups excluding tert-OH is 2. The molecule has 16 heavy (non-hydrogen) atoms. The van der Waals surface area contributed by atoms with E-state index in [1.54, 1.807) is 17.0 Å². The fraction of sp³-hybridized carbons (Fsp3) is 0.455. The molecule has 0 aromatic heterocycles. The maximum Gasteiger partial charge on any atom is 0.129 e. The molecule has 90 valence electrons. The van der Waals surface area contributed by atoms with Gasteiger partial charge in [0.1, 0.15) is 5.82 Å². The number of nitrogen functional groups attached to an aromatic ring is 1. The molecule has 0 radical (unpaired) electrons. The van der Waals surface area contributed by atoms with Gasteiger partial charge in [0.2, 0.25) is 0 Å². The highest BCUT2D eigenvalue weighted by Gasteiger charge is 2.08. The van der Waals surface area contributed by atoms with Gasteiger partial charge in [-0.3, -0.25) is 4.90 Å². The third-order valence-electron chi connectivity index (χ3n) is 2.30. The molecular formula is C11H17FN2O2. The van der Waals surface area contributed by atoms with Crippen molar-refractivity contribution in [3.05, 3.63) is 29.6 Å². The predicted octanol–water partition coefficient (Wildman–Crippen LogP) is 0.194. The minimum atomic E-state index is -0.360. The van der Waals surface area contributed by atoms with Gasteiger partial charge < -0.3 is 15.9 Å². The number of aliphatic hydroxyl groups is 2.